The topological polar surface area (TPSA) is 149 Å². The maximum atomic E-state index is 12.9. The van der Waals surface area contributed by atoms with Crippen molar-refractivity contribution in [2.45, 2.75) is 236 Å². The maximum absolute atomic E-state index is 12.9. The third kappa shape index (κ3) is 24.8. The minimum Gasteiger partial charge on any atom is -0.394 e. The van der Waals surface area contributed by atoms with Crippen molar-refractivity contribution < 1.29 is 39.8 Å². The lowest BCUT2D eigenvalue weighted by Gasteiger charge is -2.40. The molecule has 6 N–H and O–H groups in total. The molecule has 0 aliphatic carbocycles. The summed E-state index contributed by atoms with van der Waals surface area (Å²) in [5.74, 6) is -0.176. The molecule has 0 aromatic rings. The van der Waals surface area contributed by atoms with Crippen molar-refractivity contribution in [1.29, 1.82) is 0 Å². The molecular formula is C42H81NO8. The van der Waals surface area contributed by atoms with Gasteiger partial charge < -0.3 is 40.3 Å². The average Bonchev–Trinajstić information content (AvgIpc) is 3.13. The van der Waals surface area contributed by atoms with Gasteiger partial charge >= 0.3 is 0 Å². The highest BCUT2D eigenvalue weighted by Crippen LogP contribution is 2.22. The molecule has 1 heterocycles. The molecule has 1 fully saturated rings. The number of amides is 1. The predicted octanol–water partition coefficient (Wildman–Crippen LogP) is 8.17. The molecule has 1 saturated heterocycles. The van der Waals surface area contributed by atoms with Crippen molar-refractivity contribution in [3.8, 4) is 0 Å². The summed E-state index contributed by atoms with van der Waals surface area (Å²) >= 11 is 0. The number of unbranched alkanes of at least 4 members (excludes halogenated alkanes) is 25. The lowest BCUT2D eigenvalue weighted by molar-refractivity contribution is -0.302. The minimum atomic E-state index is -1.56. The first kappa shape index (κ1) is 48.0. The van der Waals surface area contributed by atoms with Crippen molar-refractivity contribution in [2.24, 2.45) is 0 Å². The molecule has 1 aliphatic rings. The van der Waals surface area contributed by atoms with Crippen LogP contribution < -0.4 is 5.32 Å². The van der Waals surface area contributed by atoms with E-state index in [0.717, 1.165) is 38.5 Å². The Balaban J connectivity index is 2.39. The quantitative estimate of drug-likeness (QED) is 0.0283. The van der Waals surface area contributed by atoms with Crippen LogP contribution in [-0.2, 0) is 14.3 Å². The Bertz CT molecular complexity index is 812. The van der Waals surface area contributed by atoms with Crippen LogP contribution in [0.1, 0.15) is 194 Å². The van der Waals surface area contributed by atoms with E-state index in [9.17, 15) is 30.3 Å². The van der Waals surface area contributed by atoms with Crippen molar-refractivity contribution in [2.75, 3.05) is 13.2 Å². The Kier molecular flexibility index (Phi) is 31.5. The van der Waals surface area contributed by atoms with E-state index < -0.39 is 49.5 Å². The first-order valence-corrected chi connectivity index (χ1v) is 21.4. The van der Waals surface area contributed by atoms with Gasteiger partial charge in [-0.3, -0.25) is 4.79 Å². The third-order valence-electron chi connectivity index (χ3n) is 10.4. The van der Waals surface area contributed by atoms with E-state index in [1.807, 2.05) is 6.08 Å². The normalized spacial score (nSPS) is 22.1. The Hall–Kier alpha value is -1.07. The molecule has 9 nitrogen and oxygen atoms in total. The van der Waals surface area contributed by atoms with Crippen molar-refractivity contribution in [1.82, 2.24) is 5.32 Å². The van der Waals surface area contributed by atoms with Gasteiger partial charge in [0, 0.05) is 6.42 Å². The number of hydrogen-bond donors (Lipinski definition) is 6. The van der Waals surface area contributed by atoms with Gasteiger partial charge in [-0.15, -0.1) is 0 Å². The lowest BCUT2D eigenvalue weighted by Crippen LogP contribution is -2.60. The summed E-state index contributed by atoms with van der Waals surface area (Å²) in [6.45, 7) is 3.76. The van der Waals surface area contributed by atoms with Gasteiger partial charge in [-0.05, 0) is 19.3 Å². The monoisotopic (exact) mass is 728 g/mol. The molecule has 0 saturated carbocycles. The SMILES string of the molecule is CCCCCCCCCCCCC/C=C/[C@H](O)[C@H](CO[C@H]1O[C@H](CO)[C@H](O)[C@H](O)[C@H]1O)NC(=O)CCCCCCCCCCCCCCCCC. The molecule has 1 amide bonds. The largest absolute Gasteiger partial charge is 0.394 e. The molecule has 1 aliphatic heterocycles. The lowest BCUT2D eigenvalue weighted by atomic mass is 9.99. The van der Waals surface area contributed by atoms with Gasteiger partial charge in [0.15, 0.2) is 6.29 Å². The summed E-state index contributed by atoms with van der Waals surface area (Å²) in [7, 11) is 0. The molecule has 51 heavy (non-hydrogen) atoms. The number of allylic oxidation sites excluding steroid dienone is 1. The fourth-order valence-electron chi connectivity index (χ4n) is 6.86. The summed E-state index contributed by atoms with van der Waals surface area (Å²) in [5, 5.41) is 54.0. The molecular weight excluding hydrogens is 646 g/mol. The van der Waals surface area contributed by atoms with Crippen LogP contribution >= 0.6 is 0 Å². The van der Waals surface area contributed by atoms with Gasteiger partial charge in [0.2, 0.25) is 5.91 Å². The van der Waals surface area contributed by atoms with Crippen LogP contribution in [-0.4, -0.2) is 87.5 Å². The van der Waals surface area contributed by atoms with Crippen LogP contribution in [0.15, 0.2) is 12.2 Å². The van der Waals surface area contributed by atoms with Gasteiger partial charge in [0.25, 0.3) is 0 Å². The second-order valence-electron chi connectivity index (χ2n) is 15.1. The van der Waals surface area contributed by atoms with Crippen LogP contribution in [0.5, 0.6) is 0 Å². The maximum Gasteiger partial charge on any atom is 0.220 e. The van der Waals surface area contributed by atoms with Gasteiger partial charge in [0.1, 0.15) is 24.4 Å². The van der Waals surface area contributed by atoms with E-state index in [4.69, 9.17) is 9.47 Å². The zero-order chi connectivity index (χ0) is 37.4. The zero-order valence-electron chi connectivity index (χ0n) is 32.9. The molecule has 0 aromatic heterocycles. The van der Waals surface area contributed by atoms with Crippen LogP contribution in [0.2, 0.25) is 0 Å². The van der Waals surface area contributed by atoms with Crippen LogP contribution in [0.3, 0.4) is 0 Å². The molecule has 0 radical (unpaired) electrons. The van der Waals surface area contributed by atoms with Crippen molar-refractivity contribution in [3.63, 3.8) is 0 Å². The number of aliphatic hydroxyl groups is 5. The number of ether oxygens (including phenoxy) is 2. The molecule has 0 unspecified atom stereocenters. The molecule has 7 atom stereocenters. The van der Waals surface area contributed by atoms with Gasteiger partial charge in [0.05, 0.1) is 25.4 Å². The van der Waals surface area contributed by atoms with Gasteiger partial charge in [-0.1, -0.05) is 180 Å². The van der Waals surface area contributed by atoms with E-state index in [1.165, 1.54) is 135 Å². The standard InChI is InChI=1S/C42H81NO8/c1-3-5-7-9-11-13-15-17-18-20-22-24-26-28-30-32-38(46)43-35(34-50-42-41(49)40(48)39(47)37(33-44)51-42)36(45)31-29-27-25-23-21-19-16-14-12-10-8-6-4-2/h29,31,35-37,39-42,44-45,47-49H,3-28,30,32-34H2,1-2H3,(H,43,46)/b31-29+/t35-,36-,37+,39-,40-,41+,42-/m0/s1. The fraction of sp³-hybridized carbons (Fsp3) is 0.929. The summed E-state index contributed by atoms with van der Waals surface area (Å²) in [4.78, 5) is 12.9. The summed E-state index contributed by atoms with van der Waals surface area (Å²) in [6.07, 6.45) is 29.6. The Morgan fingerprint density at radius 3 is 1.53 bits per heavy atom. The summed E-state index contributed by atoms with van der Waals surface area (Å²) < 4.78 is 11.2. The predicted molar refractivity (Wildman–Crippen MR) is 207 cm³/mol. The van der Waals surface area contributed by atoms with Crippen LogP contribution in [0.25, 0.3) is 0 Å². The number of nitrogens with one attached hydrogen (secondary N) is 1. The third-order valence-corrected chi connectivity index (χ3v) is 10.4. The van der Waals surface area contributed by atoms with Crippen LogP contribution in [0.4, 0.5) is 0 Å². The van der Waals surface area contributed by atoms with E-state index >= 15 is 0 Å². The van der Waals surface area contributed by atoms with Gasteiger partial charge in [-0.2, -0.15) is 0 Å². The molecule has 0 spiro atoms. The molecule has 302 valence electrons. The highest BCUT2D eigenvalue weighted by atomic mass is 16.7. The smallest absolute Gasteiger partial charge is 0.220 e. The first-order chi connectivity index (χ1) is 24.8. The highest BCUT2D eigenvalue weighted by Gasteiger charge is 2.44. The van der Waals surface area contributed by atoms with Crippen molar-refractivity contribution in [3.05, 3.63) is 12.2 Å². The Morgan fingerprint density at radius 2 is 1.08 bits per heavy atom. The summed E-state index contributed by atoms with van der Waals surface area (Å²) in [5.41, 5.74) is 0. The van der Waals surface area contributed by atoms with Crippen LogP contribution in [0, 0.1) is 0 Å². The second kappa shape index (κ2) is 33.5. The molecule has 9 heteroatoms. The van der Waals surface area contributed by atoms with E-state index in [-0.39, 0.29) is 12.5 Å². The van der Waals surface area contributed by atoms with E-state index in [1.54, 1.807) is 6.08 Å². The Morgan fingerprint density at radius 1 is 0.647 bits per heavy atom. The van der Waals surface area contributed by atoms with E-state index in [0.29, 0.717) is 6.42 Å². The minimum absolute atomic E-state index is 0.176. The zero-order valence-corrected chi connectivity index (χ0v) is 32.9. The first-order valence-electron chi connectivity index (χ1n) is 21.4. The van der Waals surface area contributed by atoms with Gasteiger partial charge in [-0.25, -0.2) is 0 Å². The highest BCUT2D eigenvalue weighted by molar-refractivity contribution is 5.76. The number of aliphatic hydroxyl groups excluding tert-OH is 5. The summed E-state index contributed by atoms with van der Waals surface area (Å²) in [6, 6.07) is -0.796. The second-order valence-corrected chi connectivity index (χ2v) is 15.1. The number of carbonyl (C=O) groups is 1. The average molecular weight is 728 g/mol. The fourth-order valence-corrected chi connectivity index (χ4v) is 6.86. The molecule has 0 aromatic carbocycles. The number of carbonyl (C=O) groups excluding carboxylic acids is 1. The molecule has 0 bridgehead atoms. The number of rotatable bonds is 35. The Labute approximate surface area is 312 Å². The van der Waals surface area contributed by atoms with E-state index in [2.05, 4.69) is 19.2 Å². The molecule has 1 rings (SSSR count). The number of hydrogen-bond acceptors (Lipinski definition) is 8. The van der Waals surface area contributed by atoms with Crippen molar-refractivity contribution >= 4 is 5.91 Å².